The van der Waals surface area contributed by atoms with Gasteiger partial charge in [0.15, 0.2) is 5.70 Å². The number of carbonyl (C=O) groups is 2. The van der Waals surface area contributed by atoms with Crippen molar-refractivity contribution in [2.45, 2.75) is 12.4 Å². The lowest BCUT2D eigenvalue weighted by Gasteiger charge is -2.12. The second-order valence-electron chi connectivity index (χ2n) is 5.43. The molecule has 0 aromatic heterocycles. The molecule has 10 heteroatoms. The van der Waals surface area contributed by atoms with Gasteiger partial charge in [-0.1, -0.05) is 36.4 Å². The summed E-state index contributed by atoms with van der Waals surface area (Å²) < 4.78 is 81.6. The summed E-state index contributed by atoms with van der Waals surface area (Å²) in [7, 11) is 0. The molecule has 0 aliphatic carbocycles. The smallest absolute Gasteiger partial charge is 0.403 e. The molecular formula is C19H11F6NO3. The van der Waals surface area contributed by atoms with Crippen LogP contribution in [0.5, 0.6) is 0 Å². The van der Waals surface area contributed by atoms with Crippen molar-refractivity contribution in [2.24, 2.45) is 4.99 Å². The zero-order chi connectivity index (χ0) is 21.7. The first-order chi connectivity index (χ1) is 13.5. The Balaban J connectivity index is 2.53. The van der Waals surface area contributed by atoms with E-state index in [1.165, 1.54) is 54.6 Å². The fourth-order valence-electron chi connectivity index (χ4n) is 1.94. The number of alkyl halides is 6. The quantitative estimate of drug-likeness (QED) is 0.236. The van der Waals surface area contributed by atoms with Crippen molar-refractivity contribution in [3.63, 3.8) is 0 Å². The molecule has 0 N–H and O–H groups in total. The molecule has 0 heterocycles. The number of allylic oxidation sites excluding steroid dienone is 2. The van der Waals surface area contributed by atoms with Gasteiger partial charge in [0, 0.05) is 11.6 Å². The molecular weight excluding hydrogens is 404 g/mol. The molecule has 29 heavy (non-hydrogen) atoms. The van der Waals surface area contributed by atoms with Gasteiger partial charge in [-0.2, -0.15) is 26.3 Å². The monoisotopic (exact) mass is 415 g/mol. The van der Waals surface area contributed by atoms with Gasteiger partial charge in [-0.05, 0) is 24.3 Å². The van der Waals surface area contributed by atoms with Crippen molar-refractivity contribution in [1.82, 2.24) is 0 Å². The van der Waals surface area contributed by atoms with Crippen molar-refractivity contribution in [3.05, 3.63) is 83.6 Å². The fourth-order valence-corrected chi connectivity index (χ4v) is 1.94. The van der Waals surface area contributed by atoms with Gasteiger partial charge in [-0.25, -0.2) is 9.79 Å². The molecule has 0 saturated carbocycles. The van der Waals surface area contributed by atoms with E-state index < -0.39 is 41.8 Å². The van der Waals surface area contributed by atoms with Crippen LogP contribution in [0.15, 0.2) is 77.4 Å². The molecule has 0 unspecified atom stereocenters. The number of aliphatic imine (C=N–C) groups is 1. The van der Waals surface area contributed by atoms with Crippen molar-refractivity contribution < 1.29 is 40.7 Å². The average Bonchev–Trinajstić information content (AvgIpc) is 2.66. The van der Waals surface area contributed by atoms with Gasteiger partial charge >= 0.3 is 18.3 Å². The third-order valence-electron chi connectivity index (χ3n) is 3.28. The van der Waals surface area contributed by atoms with Gasteiger partial charge < -0.3 is 4.74 Å². The summed E-state index contributed by atoms with van der Waals surface area (Å²) in [6.07, 6.45) is -11.6. The maximum atomic E-state index is 13.2. The number of hydrogen-bond acceptors (Lipinski definition) is 4. The molecule has 0 amide bonds. The van der Waals surface area contributed by atoms with E-state index in [-0.39, 0.29) is 11.1 Å². The minimum absolute atomic E-state index is 0.0277. The lowest BCUT2D eigenvalue weighted by Crippen LogP contribution is -2.24. The van der Waals surface area contributed by atoms with Crippen LogP contribution in [0.4, 0.5) is 26.3 Å². The molecule has 0 aliphatic heterocycles. The van der Waals surface area contributed by atoms with Gasteiger partial charge in [0.25, 0.3) is 5.78 Å². The van der Waals surface area contributed by atoms with Crippen LogP contribution in [0.2, 0.25) is 0 Å². The van der Waals surface area contributed by atoms with Gasteiger partial charge in [-0.15, -0.1) is 0 Å². The first kappa shape index (κ1) is 21.9. The predicted octanol–water partition coefficient (Wildman–Crippen LogP) is 4.87. The summed E-state index contributed by atoms with van der Waals surface area (Å²) >= 11 is 0. The van der Waals surface area contributed by atoms with Crippen LogP contribution in [0, 0.1) is 0 Å². The van der Waals surface area contributed by atoms with Crippen molar-refractivity contribution in [3.8, 4) is 0 Å². The Kier molecular flexibility index (Phi) is 6.57. The van der Waals surface area contributed by atoms with Crippen LogP contribution in [-0.4, -0.2) is 30.0 Å². The Bertz CT molecular complexity index is 932. The molecule has 0 radical (unpaired) electrons. The number of nitrogens with zero attached hydrogens (tertiary/aromatic N) is 1. The molecule has 2 rings (SSSR count). The van der Waals surface area contributed by atoms with E-state index in [0.29, 0.717) is 0 Å². The minimum atomic E-state index is -5.53. The summed E-state index contributed by atoms with van der Waals surface area (Å²) in [5, 5.41) is 0. The number of ether oxygens (including phenoxy) is 1. The van der Waals surface area contributed by atoms with E-state index in [1.807, 2.05) is 0 Å². The van der Waals surface area contributed by atoms with Crippen LogP contribution in [0.3, 0.4) is 0 Å². The Morgan fingerprint density at radius 1 is 0.759 bits per heavy atom. The summed E-state index contributed by atoms with van der Waals surface area (Å²) in [4.78, 5) is 26.2. The normalized spacial score (nSPS) is 13.2. The molecule has 0 saturated heterocycles. The third-order valence-corrected chi connectivity index (χ3v) is 3.28. The zero-order valence-corrected chi connectivity index (χ0v) is 14.3. The Hall–Kier alpha value is -3.43. The number of benzene rings is 2. The standard InChI is InChI=1S/C19H11F6NO3/c20-18(21,22)14(11-15(27)19(23,24)25)26-16(12-7-3-1-4-8-12)29-17(28)13-9-5-2-6-10-13/h1-11H/b14-11-,26-16?. The molecule has 0 spiro atoms. The lowest BCUT2D eigenvalue weighted by molar-refractivity contribution is -0.165. The number of rotatable bonds is 4. The maximum Gasteiger partial charge on any atom is 0.454 e. The summed E-state index contributed by atoms with van der Waals surface area (Å²) in [5.41, 5.74) is -2.31. The summed E-state index contributed by atoms with van der Waals surface area (Å²) in [5.74, 6) is -4.76. The Morgan fingerprint density at radius 2 is 1.24 bits per heavy atom. The van der Waals surface area contributed by atoms with Gasteiger partial charge in [0.2, 0.25) is 5.90 Å². The highest BCUT2D eigenvalue weighted by Gasteiger charge is 2.42. The first-order valence-corrected chi connectivity index (χ1v) is 7.80. The van der Waals surface area contributed by atoms with Crippen LogP contribution in [0.25, 0.3) is 0 Å². The molecule has 152 valence electrons. The van der Waals surface area contributed by atoms with Crippen LogP contribution >= 0.6 is 0 Å². The maximum absolute atomic E-state index is 13.2. The van der Waals surface area contributed by atoms with Gasteiger partial charge in [-0.3, -0.25) is 4.79 Å². The number of esters is 1. The second-order valence-corrected chi connectivity index (χ2v) is 5.43. The Labute approximate surface area is 160 Å². The fraction of sp³-hybridized carbons (Fsp3) is 0.105. The molecule has 2 aromatic carbocycles. The van der Waals surface area contributed by atoms with Crippen molar-refractivity contribution >= 4 is 17.7 Å². The Morgan fingerprint density at radius 3 is 1.69 bits per heavy atom. The molecule has 0 aliphatic rings. The zero-order valence-electron chi connectivity index (χ0n) is 14.3. The molecule has 2 aromatic rings. The SMILES string of the molecule is O=C(OC(=N/C(=C\C(=O)C(F)(F)F)C(F)(F)F)c1ccccc1)c1ccccc1. The predicted molar refractivity (Wildman–Crippen MR) is 90.0 cm³/mol. The van der Waals surface area contributed by atoms with Crippen LogP contribution < -0.4 is 0 Å². The molecule has 0 atom stereocenters. The van der Waals surface area contributed by atoms with E-state index in [4.69, 9.17) is 4.74 Å². The largest absolute Gasteiger partial charge is 0.454 e. The first-order valence-electron chi connectivity index (χ1n) is 7.80. The number of hydrogen-bond donors (Lipinski definition) is 0. The topological polar surface area (TPSA) is 55.7 Å². The third kappa shape index (κ3) is 6.30. The highest BCUT2D eigenvalue weighted by atomic mass is 19.4. The van der Waals surface area contributed by atoms with E-state index >= 15 is 0 Å². The highest BCUT2D eigenvalue weighted by Crippen LogP contribution is 2.29. The van der Waals surface area contributed by atoms with Gasteiger partial charge in [0.05, 0.1) is 5.56 Å². The van der Waals surface area contributed by atoms with E-state index in [1.54, 1.807) is 6.07 Å². The average molecular weight is 415 g/mol. The van der Waals surface area contributed by atoms with Crippen molar-refractivity contribution in [1.29, 1.82) is 0 Å². The summed E-state index contributed by atoms with van der Waals surface area (Å²) in [6.45, 7) is 0. The molecule has 4 nitrogen and oxygen atoms in total. The summed E-state index contributed by atoms with van der Waals surface area (Å²) in [6, 6.07) is 13.9. The van der Waals surface area contributed by atoms with Gasteiger partial charge in [0.1, 0.15) is 0 Å². The molecule has 0 bridgehead atoms. The number of halogens is 6. The highest BCUT2D eigenvalue weighted by molar-refractivity contribution is 6.05. The van der Waals surface area contributed by atoms with E-state index in [0.717, 1.165) is 0 Å². The van der Waals surface area contributed by atoms with Crippen LogP contribution in [-0.2, 0) is 9.53 Å². The van der Waals surface area contributed by atoms with E-state index in [2.05, 4.69) is 4.99 Å². The van der Waals surface area contributed by atoms with Crippen LogP contribution in [0.1, 0.15) is 15.9 Å². The number of ketones is 1. The number of carbonyl (C=O) groups excluding carboxylic acids is 2. The lowest BCUT2D eigenvalue weighted by atomic mass is 10.2. The van der Waals surface area contributed by atoms with E-state index in [9.17, 15) is 35.9 Å². The second kappa shape index (κ2) is 8.72. The minimum Gasteiger partial charge on any atom is -0.403 e. The van der Waals surface area contributed by atoms with Crippen molar-refractivity contribution in [2.75, 3.05) is 0 Å². The molecule has 0 fully saturated rings.